The quantitative estimate of drug-likeness (QED) is 0.155. The second kappa shape index (κ2) is 11.3. The Labute approximate surface area is 231 Å². The predicted molar refractivity (Wildman–Crippen MR) is 143 cm³/mol. The zero-order chi connectivity index (χ0) is 28.6. The van der Waals surface area contributed by atoms with E-state index in [9.17, 15) is 29.1 Å². The Balaban J connectivity index is 1.35. The number of anilines is 1. The fraction of sp³-hybridized carbons (Fsp3) is 0.692. The number of carbonyl (C=O) groups is 5. The van der Waals surface area contributed by atoms with Crippen molar-refractivity contribution in [1.82, 2.24) is 20.9 Å². The van der Waals surface area contributed by atoms with Crippen molar-refractivity contribution in [2.75, 3.05) is 25.4 Å². The number of carbonyl (C=O) groups excluding carboxylic acids is 5. The molecule has 5 rings (SSSR count). The van der Waals surface area contributed by atoms with Gasteiger partial charge in [-0.25, -0.2) is 14.3 Å². The third-order valence-corrected chi connectivity index (χ3v) is 8.91. The molecule has 1 aliphatic carbocycles. The average molecular weight is 564 g/mol. The summed E-state index contributed by atoms with van der Waals surface area (Å²) in [6.07, 6.45) is 0.909. The second-order valence-corrected chi connectivity index (χ2v) is 12.6. The number of aromatic nitrogens is 1. The van der Waals surface area contributed by atoms with Gasteiger partial charge in [-0.1, -0.05) is 27.7 Å². The number of hydrogen-bond acceptors (Lipinski definition) is 9. The zero-order valence-electron chi connectivity index (χ0n) is 22.8. The SMILES string of the molecule is CC(C)CC(NC(=O)C[N+]12C(=O)C(NC(=O)CNC(=O)Cc3csc(N)n3)CC(C)C3C1C32)C(=O)C(C)CO. The maximum absolute atomic E-state index is 13.6. The van der Waals surface area contributed by atoms with Crippen molar-refractivity contribution in [1.29, 1.82) is 0 Å². The number of fused-ring (bicyclic) bond motifs is 3. The summed E-state index contributed by atoms with van der Waals surface area (Å²) < 4.78 is 0.00152. The maximum Gasteiger partial charge on any atom is 0.337 e. The summed E-state index contributed by atoms with van der Waals surface area (Å²) in [5.41, 5.74) is 6.10. The Kier molecular flexibility index (Phi) is 8.43. The highest BCUT2D eigenvalue weighted by Crippen LogP contribution is 2.69. The van der Waals surface area contributed by atoms with Gasteiger partial charge in [0.1, 0.15) is 6.04 Å². The smallest absolute Gasteiger partial charge is 0.337 e. The molecule has 3 saturated heterocycles. The topological polar surface area (TPSA) is 181 Å². The molecule has 39 heavy (non-hydrogen) atoms. The fourth-order valence-corrected chi connectivity index (χ4v) is 6.79. The van der Waals surface area contributed by atoms with Gasteiger partial charge in [-0.05, 0) is 24.7 Å². The Morgan fingerprint density at radius 1 is 1.18 bits per heavy atom. The molecule has 214 valence electrons. The van der Waals surface area contributed by atoms with Crippen LogP contribution in [0.15, 0.2) is 5.38 Å². The largest absolute Gasteiger partial charge is 0.396 e. The molecule has 12 nitrogen and oxygen atoms in total. The average Bonchev–Trinajstić information content (AvgIpc) is 3.74. The number of hydrogen-bond donors (Lipinski definition) is 5. The van der Waals surface area contributed by atoms with Crippen LogP contribution in [-0.2, 0) is 30.4 Å². The third kappa shape index (κ3) is 5.99. The highest BCUT2D eigenvalue weighted by atomic mass is 32.1. The molecule has 1 saturated carbocycles. The molecule has 6 N–H and O–H groups in total. The number of ketones is 1. The van der Waals surface area contributed by atoms with E-state index in [0.717, 1.165) is 0 Å². The van der Waals surface area contributed by atoms with Gasteiger partial charge in [0.25, 0.3) is 5.91 Å². The number of rotatable bonds is 13. The predicted octanol–water partition coefficient (Wildman–Crippen LogP) is -0.639. The van der Waals surface area contributed by atoms with Crippen LogP contribution in [0, 0.1) is 23.7 Å². The van der Waals surface area contributed by atoms with Crippen LogP contribution in [0.25, 0.3) is 0 Å². The minimum Gasteiger partial charge on any atom is -0.396 e. The molecular formula is C26H39N6O6S+. The molecule has 2 bridgehead atoms. The Morgan fingerprint density at radius 3 is 2.46 bits per heavy atom. The summed E-state index contributed by atoms with van der Waals surface area (Å²) in [7, 11) is 0. The van der Waals surface area contributed by atoms with E-state index >= 15 is 0 Å². The van der Waals surface area contributed by atoms with Crippen molar-refractivity contribution in [3.8, 4) is 0 Å². The molecule has 6 unspecified atom stereocenters. The molecule has 4 amide bonds. The zero-order valence-corrected chi connectivity index (χ0v) is 23.6. The summed E-state index contributed by atoms with van der Waals surface area (Å²) in [5, 5.41) is 19.6. The second-order valence-electron chi connectivity index (χ2n) is 11.7. The number of aliphatic hydroxyl groups is 1. The van der Waals surface area contributed by atoms with Gasteiger partial charge in [0.2, 0.25) is 11.8 Å². The van der Waals surface area contributed by atoms with Crippen LogP contribution in [0.5, 0.6) is 0 Å². The number of nitrogen functional groups attached to an aromatic ring is 1. The molecular weight excluding hydrogens is 524 g/mol. The van der Waals surface area contributed by atoms with Gasteiger partial charge in [0.15, 0.2) is 29.5 Å². The molecule has 4 aliphatic rings. The van der Waals surface area contributed by atoms with Gasteiger partial charge in [0, 0.05) is 11.3 Å². The summed E-state index contributed by atoms with van der Waals surface area (Å²) in [4.78, 5) is 68.4. The number of nitrogens with one attached hydrogen (secondary N) is 3. The lowest BCUT2D eigenvalue weighted by molar-refractivity contribution is -0.773. The number of amides is 4. The summed E-state index contributed by atoms with van der Waals surface area (Å²) in [5.74, 6) is -1.58. The standard InChI is InChI=1S/C26H38N6O6S/c1-12(2)5-16(24(37)14(4)10-33)30-20(36)9-32-22-21(23(22)32)13(3)6-17(25(32)38)31-19(35)8-28-18(34)7-15-11-39-26(27)29-15/h11-14,16-17,21-23,33H,5-10H2,1-4H3,(H4-,27,28,29,30,31,34,35,36)/p+1. The minimum atomic E-state index is -0.766. The highest BCUT2D eigenvalue weighted by Gasteiger charge is 2.93. The number of nitrogens with two attached hydrogens (primary N) is 1. The van der Waals surface area contributed by atoms with Crippen LogP contribution in [0.1, 0.15) is 46.2 Å². The van der Waals surface area contributed by atoms with Crippen LogP contribution in [0.4, 0.5) is 5.13 Å². The minimum absolute atomic E-state index is 0.00152. The molecule has 0 spiro atoms. The van der Waals surface area contributed by atoms with Crippen molar-refractivity contribution in [3.63, 3.8) is 0 Å². The van der Waals surface area contributed by atoms with E-state index in [1.807, 2.05) is 13.8 Å². The maximum atomic E-state index is 13.6. The van der Waals surface area contributed by atoms with E-state index in [2.05, 4.69) is 27.9 Å². The van der Waals surface area contributed by atoms with Crippen molar-refractivity contribution in [2.45, 2.75) is 71.1 Å². The lowest BCUT2D eigenvalue weighted by Gasteiger charge is -2.28. The third-order valence-electron chi connectivity index (χ3n) is 8.19. The molecule has 1 aromatic rings. The van der Waals surface area contributed by atoms with Crippen LogP contribution in [0.2, 0.25) is 0 Å². The van der Waals surface area contributed by atoms with Gasteiger partial charge in [-0.3, -0.25) is 19.2 Å². The molecule has 13 heteroatoms. The Bertz CT molecular complexity index is 1140. The van der Waals surface area contributed by atoms with Crippen LogP contribution in [-0.4, -0.2) is 87.8 Å². The Hall–Kier alpha value is -2.90. The van der Waals surface area contributed by atoms with Crippen molar-refractivity contribution >= 4 is 45.9 Å². The molecule has 4 heterocycles. The van der Waals surface area contributed by atoms with Gasteiger partial charge < -0.3 is 26.8 Å². The lowest BCUT2D eigenvalue weighted by atomic mass is 9.93. The monoisotopic (exact) mass is 563 g/mol. The van der Waals surface area contributed by atoms with Crippen molar-refractivity contribution in [2.24, 2.45) is 23.7 Å². The van der Waals surface area contributed by atoms with Crippen molar-refractivity contribution in [3.05, 3.63) is 11.1 Å². The normalized spacial score (nSPS) is 30.0. The van der Waals surface area contributed by atoms with E-state index in [1.54, 1.807) is 12.3 Å². The first-order valence-corrected chi connectivity index (χ1v) is 14.4. The molecule has 0 radical (unpaired) electrons. The van der Waals surface area contributed by atoms with E-state index < -0.39 is 23.9 Å². The van der Waals surface area contributed by atoms with Gasteiger partial charge in [0.05, 0.1) is 37.2 Å². The van der Waals surface area contributed by atoms with Gasteiger partial charge in [-0.15, -0.1) is 11.3 Å². The lowest BCUT2D eigenvalue weighted by Crippen LogP contribution is -2.58. The number of nitrogens with zero attached hydrogens (tertiary/aromatic N) is 2. The first-order chi connectivity index (χ1) is 18.4. The number of aliphatic hydroxyl groups excluding tert-OH is 1. The van der Waals surface area contributed by atoms with E-state index in [-0.39, 0.29) is 78.0 Å². The molecule has 1 aromatic heterocycles. The van der Waals surface area contributed by atoms with Crippen molar-refractivity contribution < 1.29 is 33.6 Å². The molecule has 0 aromatic carbocycles. The number of quaternary nitrogens is 1. The summed E-state index contributed by atoms with van der Waals surface area (Å²) in [6, 6.07) is -1.36. The molecule has 6 atom stereocenters. The van der Waals surface area contributed by atoms with Crippen LogP contribution >= 0.6 is 11.3 Å². The van der Waals surface area contributed by atoms with E-state index in [0.29, 0.717) is 29.6 Å². The van der Waals surface area contributed by atoms with E-state index in [1.165, 1.54) is 11.3 Å². The van der Waals surface area contributed by atoms with Crippen LogP contribution < -0.4 is 21.7 Å². The first-order valence-electron chi connectivity index (χ1n) is 13.5. The molecule has 3 aliphatic heterocycles. The van der Waals surface area contributed by atoms with Gasteiger partial charge in [-0.2, -0.15) is 0 Å². The Morgan fingerprint density at radius 2 is 1.87 bits per heavy atom. The van der Waals surface area contributed by atoms with Crippen LogP contribution in [0.3, 0.4) is 0 Å². The van der Waals surface area contributed by atoms with Gasteiger partial charge >= 0.3 is 5.91 Å². The van der Waals surface area contributed by atoms with E-state index in [4.69, 9.17) is 5.73 Å². The summed E-state index contributed by atoms with van der Waals surface area (Å²) in [6.45, 7) is 6.92. The molecule has 4 fully saturated rings. The highest BCUT2D eigenvalue weighted by molar-refractivity contribution is 7.13. The fourth-order valence-electron chi connectivity index (χ4n) is 6.23. The number of Topliss-reactive ketones (excluding diaryl/α,β-unsaturated/α-hetero) is 1. The first kappa shape index (κ1) is 29.1. The summed E-state index contributed by atoms with van der Waals surface area (Å²) >= 11 is 1.23. The number of thiazole rings is 1.